The lowest BCUT2D eigenvalue weighted by molar-refractivity contribution is -0.144. The van der Waals surface area contributed by atoms with Crippen LogP contribution in [0.5, 0.6) is 5.75 Å². The van der Waals surface area contributed by atoms with E-state index < -0.39 is 44.6 Å². The summed E-state index contributed by atoms with van der Waals surface area (Å²) in [5, 5.41) is 22.7. The summed E-state index contributed by atoms with van der Waals surface area (Å²) in [6, 6.07) is 16.4. The minimum absolute atomic E-state index is 0.0246. The molecule has 0 radical (unpaired) electrons. The van der Waals surface area contributed by atoms with Crippen LogP contribution in [-0.4, -0.2) is 111 Å². The van der Waals surface area contributed by atoms with E-state index in [1.165, 1.54) is 11.1 Å². The number of carbonyl (C=O) groups is 4. The minimum atomic E-state index is -3.61. The van der Waals surface area contributed by atoms with Gasteiger partial charge < -0.3 is 40.9 Å². The molecule has 2 fully saturated rings. The van der Waals surface area contributed by atoms with Crippen molar-refractivity contribution in [1.29, 1.82) is 0 Å². The molecule has 4 atom stereocenters. The Bertz CT molecular complexity index is 3030. The number of thiazole rings is 1. The third-order valence-corrected chi connectivity index (χ3v) is 17.6. The van der Waals surface area contributed by atoms with Crippen LogP contribution in [0.2, 0.25) is 5.02 Å². The number of likely N-dealkylation sites (tertiary alicyclic amines) is 2. The van der Waals surface area contributed by atoms with Crippen molar-refractivity contribution in [2.45, 2.75) is 161 Å². The first-order valence-corrected chi connectivity index (χ1v) is 29.3. The Morgan fingerprint density at radius 1 is 0.896 bits per heavy atom. The van der Waals surface area contributed by atoms with Crippen molar-refractivity contribution in [3.63, 3.8) is 0 Å². The Labute approximate surface area is 462 Å². The zero-order valence-electron chi connectivity index (χ0n) is 45.8. The maximum Gasteiger partial charge on any atom is 0.246 e. The summed E-state index contributed by atoms with van der Waals surface area (Å²) in [4.78, 5) is 72.8. The summed E-state index contributed by atoms with van der Waals surface area (Å²) in [6.07, 6.45) is 3.35. The Morgan fingerprint density at radius 3 is 2.23 bits per heavy atom. The second-order valence-electron chi connectivity index (χ2n) is 21.8. The van der Waals surface area contributed by atoms with Gasteiger partial charge in [-0.15, -0.1) is 11.3 Å². The highest BCUT2D eigenvalue weighted by Crippen LogP contribution is 2.39. The van der Waals surface area contributed by atoms with Crippen LogP contribution in [0, 0.1) is 19.3 Å². The van der Waals surface area contributed by atoms with Crippen molar-refractivity contribution in [3.8, 4) is 16.2 Å². The van der Waals surface area contributed by atoms with Gasteiger partial charge in [-0.3, -0.25) is 19.2 Å². The molecule has 0 saturated carbocycles. The van der Waals surface area contributed by atoms with Crippen molar-refractivity contribution in [3.05, 3.63) is 99.8 Å². The summed E-state index contributed by atoms with van der Waals surface area (Å²) < 4.78 is 32.6. The summed E-state index contributed by atoms with van der Waals surface area (Å²) in [5.74, 6) is 0.138. The topological polar surface area (TPSA) is 225 Å². The molecule has 5 aromatic rings. The predicted octanol–water partition coefficient (Wildman–Crippen LogP) is 9.96. The van der Waals surface area contributed by atoms with E-state index in [0.717, 1.165) is 45.7 Å². The van der Waals surface area contributed by atoms with Crippen LogP contribution in [0.15, 0.2) is 77.3 Å². The molecule has 20 heteroatoms. The van der Waals surface area contributed by atoms with E-state index >= 15 is 0 Å². The number of hydrogen-bond acceptors (Lipinski definition) is 14. The Kier molecular flexibility index (Phi) is 19.1. The first kappa shape index (κ1) is 58.5. The maximum atomic E-state index is 14.2. The molecule has 0 aliphatic carbocycles. The van der Waals surface area contributed by atoms with Gasteiger partial charge in [0.15, 0.2) is 15.7 Å². The molecular weight excluding hydrogens is 1040 g/mol. The zero-order valence-corrected chi connectivity index (χ0v) is 48.2. The van der Waals surface area contributed by atoms with Gasteiger partial charge in [0.2, 0.25) is 29.6 Å². The molecule has 4 heterocycles. The van der Waals surface area contributed by atoms with E-state index in [1.807, 2.05) is 102 Å². The lowest BCUT2D eigenvalue weighted by Crippen LogP contribution is -2.57. The van der Waals surface area contributed by atoms with Gasteiger partial charge in [0.05, 0.1) is 62.0 Å². The average Bonchev–Trinajstić information content (AvgIpc) is 4.01. The molecule has 2 aromatic heterocycles. The van der Waals surface area contributed by atoms with E-state index in [2.05, 4.69) is 36.2 Å². The number of aryl methyl sites for hydroxylation is 2. The Balaban J connectivity index is 0.896. The molecule has 3 aromatic carbocycles. The molecular formula is C57H74ClN9O8S2. The van der Waals surface area contributed by atoms with Crippen LogP contribution < -0.4 is 26.0 Å². The van der Waals surface area contributed by atoms with Crippen molar-refractivity contribution in [2.24, 2.45) is 5.41 Å². The molecule has 5 N–H and O–H groups in total. The smallest absolute Gasteiger partial charge is 0.246 e. The number of carbonyl (C=O) groups excluding carboxylic acids is 4. The number of aliphatic hydroxyl groups excluding tert-OH is 1. The highest BCUT2D eigenvalue weighted by Gasteiger charge is 2.45. The summed E-state index contributed by atoms with van der Waals surface area (Å²) in [5.41, 5.74) is 7.13. The number of ether oxygens (including phenoxy) is 1. The number of anilines is 4. The van der Waals surface area contributed by atoms with E-state index in [4.69, 9.17) is 16.3 Å². The quantitative estimate of drug-likeness (QED) is 0.0458. The van der Waals surface area contributed by atoms with Crippen LogP contribution in [-0.2, 0) is 29.0 Å². The Hall–Kier alpha value is -6.15. The predicted molar refractivity (Wildman–Crippen MR) is 303 cm³/mol. The first-order valence-electron chi connectivity index (χ1n) is 26.5. The van der Waals surface area contributed by atoms with Crippen LogP contribution in [0.1, 0.15) is 135 Å². The third-order valence-electron chi connectivity index (χ3n) is 14.2. The van der Waals surface area contributed by atoms with E-state index in [9.17, 15) is 32.7 Å². The number of aromatic nitrogens is 3. The van der Waals surface area contributed by atoms with Crippen molar-refractivity contribution < 1.29 is 37.4 Å². The number of amides is 4. The molecule has 2 aliphatic heterocycles. The fourth-order valence-corrected chi connectivity index (χ4v) is 12.0. The third kappa shape index (κ3) is 14.5. The number of nitrogens with zero attached hydrogens (tertiary/aromatic N) is 5. The number of aliphatic hydroxyl groups is 1. The summed E-state index contributed by atoms with van der Waals surface area (Å²) in [6.45, 7) is 19.7. The normalized spacial score (nSPS) is 17.1. The first-order chi connectivity index (χ1) is 36.4. The van der Waals surface area contributed by atoms with Crippen molar-refractivity contribution >= 4 is 79.5 Å². The summed E-state index contributed by atoms with van der Waals surface area (Å²) >= 11 is 8.10. The second-order valence-corrected chi connectivity index (χ2v) is 25.6. The molecule has 7 rings (SSSR count). The van der Waals surface area contributed by atoms with Crippen molar-refractivity contribution in [1.82, 2.24) is 35.4 Å². The number of hydrogen-bond donors (Lipinski definition) is 5. The highest BCUT2D eigenvalue weighted by atomic mass is 35.5. The number of unbranched alkanes of at least 4 members (excludes halogenated alkanes) is 1. The molecule has 0 spiro atoms. The monoisotopic (exact) mass is 1110 g/mol. The van der Waals surface area contributed by atoms with Crippen LogP contribution in [0.4, 0.5) is 23.1 Å². The molecule has 0 unspecified atom stereocenters. The van der Waals surface area contributed by atoms with Gasteiger partial charge in [-0.25, -0.2) is 18.4 Å². The van der Waals surface area contributed by atoms with Crippen LogP contribution in [0.3, 0.4) is 0 Å². The average molecular weight is 1110 g/mol. The fourth-order valence-electron chi connectivity index (χ4n) is 9.84. The molecule has 414 valence electrons. The maximum absolute atomic E-state index is 14.2. The number of β-amino-alcohol motifs (C(OH)–C–C–N with tert-alkyl or cyclic N) is 1. The van der Waals surface area contributed by atoms with Crippen molar-refractivity contribution in [2.75, 3.05) is 30.3 Å². The van der Waals surface area contributed by atoms with Crippen LogP contribution >= 0.6 is 22.9 Å². The zero-order chi connectivity index (χ0) is 55.9. The molecule has 0 bridgehead atoms. The van der Waals surface area contributed by atoms with Gasteiger partial charge in [-0.2, -0.15) is 4.98 Å². The van der Waals surface area contributed by atoms with Gasteiger partial charge in [-0.1, -0.05) is 68.8 Å². The number of piperidine rings is 1. The number of para-hydroxylation sites is 1. The van der Waals surface area contributed by atoms with E-state index in [0.29, 0.717) is 43.1 Å². The van der Waals surface area contributed by atoms with Gasteiger partial charge >= 0.3 is 0 Å². The largest absolute Gasteiger partial charge is 0.489 e. The molecule has 4 amide bonds. The second kappa shape index (κ2) is 25.1. The van der Waals surface area contributed by atoms with Gasteiger partial charge in [0.1, 0.15) is 22.9 Å². The van der Waals surface area contributed by atoms with Gasteiger partial charge in [-0.05, 0) is 132 Å². The van der Waals surface area contributed by atoms with Gasteiger partial charge in [0.25, 0.3) is 0 Å². The minimum Gasteiger partial charge on any atom is -0.489 e. The number of halogens is 1. The Morgan fingerprint density at radius 2 is 1.58 bits per heavy atom. The van der Waals surface area contributed by atoms with Crippen LogP contribution in [0.25, 0.3) is 10.4 Å². The lowest BCUT2D eigenvalue weighted by atomic mass is 9.85. The molecule has 17 nitrogen and oxygen atoms in total. The fraction of sp³-hybridized carbons (Fsp3) is 0.491. The van der Waals surface area contributed by atoms with E-state index in [1.54, 1.807) is 49.4 Å². The molecule has 2 aliphatic rings. The highest BCUT2D eigenvalue weighted by molar-refractivity contribution is 7.92. The van der Waals surface area contributed by atoms with Gasteiger partial charge in [0, 0.05) is 38.9 Å². The van der Waals surface area contributed by atoms with E-state index in [-0.39, 0.29) is 83.3 Å². The summed E-state index contributed by atoms with van der Waals surface area (Å²) in [7, 11) is -3.61. The number of nitrogens with one attached hydrogen (secondary N) is 4. The number of benzene rings is 3. The molecule has 2 saturated heterocycles. The SMILES string of the molecule is Cc1cc(Nc2ncc(Cl)c(Nc3ccccc3S(=O)(=O)C(C)C)n2)c(OC(C)C)cc1C1CCN(C(=O)CCCCC(=O)N[C@H](C(=O)N2C[C@H](O)C[C@H]2C(=O)N[C@@H](C)c2ccc(-c3scnc3C)cc2)C(C)(C)C)CC1. The molecule has 77 heavy (non-hydrogen) atoms. The lowest BCUT2D eigenvalue weighted by Gasteiger charge is -2.35. The number of rotatable bonds is 20. The standard InChI is InChI=1S/C57H74ClN9O8S2/c1-33(2)75-47-29-42(35(5)27-45(47)63-56-59-30-43(58)53(65-56)62-44-15-11-12-16-48(44)77(73,74)34(3)4)39-23-25-66(26-24-39)50(70)18-14-13-17-49(69)64-52(57(8,9)10)55(72)67-31-41(68)28-46(67)54(71)61-36(6)38-19-21-40(22-20-38)51-37(7)60-32-76-51/h11-12,15-16,19-22,27,29-30,32-34,36,39,41,46,52,68H,13-14,17-18,23-26,28,31H2,1-10H3,(H,61,71)(H,64,69)(H2,59,62,63,65)/t36-,41+,46-,52+/m0/s1. The number of sulfone groups is 1.